The third-order valence-electron chi connectivity index (χ3n) is 2.92. The van der Waals surface area contributed by atoms with Gasteiger partial charge < -0.3 is 4.98 Å². The van der Waals surface area contributed by atoms with Crippen molar-refractivity contribution in [3.05, 3.63) is 35.5 Å². The van der Waals surface area contributed by atoms with E-state index < -0.39 is 0 Å². The van der Waals surface area contributed by atoms with Crippen LogP contribution in [0.25, 0.3) is 10.9 Å². The number of carbonyl (C=O) groups excluding carboxylic acids is 1. The molecule has 1 heterocycles. The van der Waals surface area contributed by atoms with Crippen molar-refractivity contribution in [3.8, 4) is 0 Å². The van der Waals surface area contributed by atoms with Crippen LogP contribution in [-0.4, -0.2) is 10.8 Å². The first-order valence-electron chi connectivity index (χ1n) is 6.99. The summed E-state index contributed by atoms with van der Waals surface area (Å²) < 4.78 is 0. The van der Waals surface area contributed by atoms with E-state index in [2.05, 4.69) is 11.1 Å². The number of benzene rings is 1. The molecule has 3 rings (SSSR count). The SMILES string of the molecule is CC.CC.O=C1CCCc2c1[nH]c1ccccc21.[HH]. The molecule has 0 radical (unpaired) electrons. The lowest BCUT2D eigenvalue weighted by molar-refractivity contribution is 0.0968. The first kappa shape index (κ1) is 14.5. The van der Waals surface area contributed by atoms with Crippen LogP contribution in [0, 0.1) is 0 Å². The van der Waals surface area contributed by atoms with Crippen LogP contribution in [0.2, 0.25) is 0 Å². The number of hydrogen-bond acceptors (Lipinski definition) is 1. The molecule has 0 unspecified atom stereocenters. The van der Waals surface area contributed by atoms with Crippen LogP contribution in [0.5, 0.6) is 0 Å². The van der Waals surface area contributed by atoms with Gasteiger partial charge in [-0.15, -0.1) is 0 Å². The Hall–Kier alpha value is -1.57. The Morgan fingerprint density at radius 2 is 1.72 bits per heavy atom. The fraction of sp³-hybridized carbons (Fsp3) is 0.438. The first-order chi connectivity index (χ1) is 8.86. The van der Waals surface area contributed by atoms with Gasteiger partial charge in [0.25, 0.3) is 0 Å². The molecule has 2 heteroatoms. The van der Waals surface area contributed by atoms with E-state index in [9.17, 15) is 4.79 Å². The van der Waals surface area contributed by atoms with E-state index in [0.717, 1.165) is 24.1 Å². The first-order valence-corrected chi connectivity index (χ1v) is 6.99. The number of aryl methyl sites for hydroxylation is 1. The average Bonchev–Trinajstić information content (AvgIpc) is 2.84. The quantitative estimate of drug-likeness (QED) is 0.699. The summed E-state index contributed by atoms with van der Waals surface area (Å²) in [7, 11) is 0. The third-order valence-corrected chi connectivity index (χ3v) is 2.92. The highest BCUT2D eigenvalue weighted by Crippen LogP contribution is 2.28. The van der Waals surface area contributed by atoms with Crippen LogP contribution < -0.4 is 0 Å². The molecule has 2 nitrogen and oxygen atoms in total. The number of fused-ring (bicyclic) bond motifs is 3. The lowest BCUT2D eigenvalue weighted by Gasteiger charge is -2.09. The van der Waals surface area contributed by atoms with Crippen LogP contribution in [0.1, 0.15) is 58.0 Å². The van der Waals surface area contributed by atoms with Crippen LogP contribution in [0.15, 0.2) is 24.3 Å². The predicted molar refractivity (Wildman–Crippen MR) is 80.4 cm³/mol. The van der Waals surface area contributed by atoms with Gasteiger partial charge in [-0.1, -0.05) is 45.9 Å². The van der Waals surface area contributed by atoms with Crippen molar-refractivity contribution in [2.45, 2.75) is 47.0 Å². The summed E-state index contributed by atoms with van der Waals surface area (Å²) in [5, 5.41) is 1.22. The van der Waals surface area contributed by atoms with Crippen molar-refractivity contribution in [2.24, 2.45) is 0 Å². The zero-order chi connectivity index (χ0) is 13.5. The highest BCUT2D eigenvalue weighted by molar-refractivity contribution is 6.03. The normalized spacial score (nSPS) is 13.0. The number of nitrogens with one attached hydrogen (secondary N) is 1. The lowest BCUT2D eigenvalue weighted by Crippen LogP contribution is -2.09. The number of aromatic amines is 1. The van der Waals surface area contributed by atoms with Gasteiger partial charge >= 0.3 is 0 Å². The molecule has 0 bridgehead atoms. The number of para-hydroxylation sites is 1. The number of aromatic nitrogens is 1. The number of ketones is 1. The largest absolute Gasteiger partial charge is 0.352 e. The Morgan fingerprint density at radius 3 is 2.44 bits per heavy atom. The number of rotatable bonds is 0. The summed E-state index contributed by atoms with van der Waals surface area (Å²) in [6.45, 7) is 8.00. The minimum Gasteiger partial charge on any atom is -0.352 e. The molecule has 1 aromatic heterocycles. The molecule has 0 saturated carbocycles. The summed E-state index contributed by atoms with van der Waals surface area (Å²) in [6.07, 6.45) is 2.72. The molecular weight excluding hydrogens is 222 g/mol. The van der Waals surface area contributed by atoms with Gasteiger partial charge in [0.2, 0.25) is 0 Å². The van der Waals surface area contributed by atoms with E-state index in [0.29, 0.717) is 6.42 Å². The second-order valence-electron chi connectivity index (χ2n) is 3.80. The van der Waals surface area contributed by atoms with E-state index in [-0.39, 0.29) is 7.21 Å². The fourth-order valence-corrected chi connectivity index (χ4v) is 2.25. The Bertz CT molecular complexity index is 516. The van der Waals surface area contributed by atoms with E-state index in [1.165, 1.54) is 10.9 Å². The van der Waals surface area contributed by atoms with Crippen molar-refractivity contribution in [1.82, 2.24) is 4.98 Å². The number of Topliss-reactive ketones (excluding diaryl/α,β-unsaturated/α-hetero) is 1. The van der Waals surface area contributed by atoms with E-state index in [1.54, 1.807) is 0 Å². The zero-order valence-corrected chi connectivity index (χ0v) is 11.8. The van der Waals surface area contributed by atoms with Crippen molar-refractivity contribution < 1.29 is 6.22 Å². The Kier molecular flexibility index (Phi) is 5.63. The monoisotopic (exact) mass is 247 g/mol. The van der Waals surface area contributed by atoms with E-state index in [1.807, 2.05) is 45.9 Å². The third kappa shape index (κ3) is 2.63. The van der Waals surface area contributed by atoms with Crippen LogP contribution in [-0.2, 0) is 6.42 Å². The average molecular weight is 247 g/mol. The van der Waals surface area contributed by atoms with E-state index >= 15 is 0 Å². The Labute approximate surface area is 111 Å². The minimum absolute atomic E-state index is 0. The molecule has 0 saturated heterocycles. The van der Waals surface area contributed by atoms with Gasteiger partial charge in [-0.05, 0) is 24.5 Å². The number of hydrogen-bond donors (Lipinski definition) is 1. The van der Waals surface area contributed by atoms with Gasteiger partial charge in [0, 0.05) is 18.8 Å². The molecule has 1 aliphatic rings. The minimum atomic E-state index is 0. The van der Waals surface area contributed by atoms with Crippen LogP contribution >= 0.6 is 0 Å². The molecule has 2 aromatic rings. The smallest absolute Gasteiger partial charge is 0.179 e. The van der Waals surface area contributed by atoms with Crippen molar-refractivity contribution in [3.63, 3.8) is 0 Å². The Balaban J connectivity index is 0.000000597. The van der Waals surface area contributed by atoms with Gasteiger partial charge in [0.05, 0.1) is 5.69 Å². The summed E-state index contributed by atoms with van der Waals surface area (Å²) in [6, 6.07) is 8.13. The summed E-state index contributed by atoms with van der Waals surface area (Å²) in [5.41, 5.74) is 3.15. The van der Waals surface area contributed by atoms with E-state index in [4.69, 9.17) is 0 Å². The molecule has 1 N–H and O–H groups in total. The van der Waals surface area contributed by atoms with Gasteiger partial charge in [-0.25, -0.2) is 0 Å². The molecular formula is C16H25NO. The molecule has 0 atom stereocenters. The second-order valence-corrected chi connectivity index (χ2v) is 3.80. The molecule has 0 spiro atoms. The van der Waals surface area contributed by atoms with Gasteiger partial charge in [0.1, 0.15) is 0 Å². The van der Waals surface area contributed by atoms with Gasteiger partial charge in [0.15, 0.2) is 5.78 Å². The highest BCUT2D eigenvalue weighted by atomic mass is 16.1. The van der Waals surface area contributed by atoms with Gasteiger partial charge in [-0.2, -0.15) is 0 Å². The summed E-state index contributed by atoms with van der Waals surface area (Å²) >= 11 is 0. The maximum atomic E-state index is 11.6. The van der Waals surface area contributed by atoms with Gasteiger partial charge in [-0.3, -0.25) is 4.79 Å². The number of H-pyrrole nitrogens is 1. The topological polar surface area (TPSA) is 32.9 Å². The summed E-state index contributed by atoms with van der Waals surface area (Å²) in [4.78, 5) is 14.8. The zero-order valence-electron chi connectivity index (χ0n) is 11.8. The highest BCUT2D eigenvalue weighted by Gasteiger charge is 2.20. The van der Waals surface area contributed by atoms with Crippen LogP contribution in [0.3, 0.4) is 0 Å². The summed E-state index contributed by atoms with van der Waals surface area (Å²) in [5.74, 6) is 0.266. The maximum Gasteiger partial charge on any atom is 0.179 e. The molecule has 0 aliphatic heterocycles. The molecule has 18 heavy (non-hydrogen) atoms. The van der Waals surface area contributed by atoms with Crippen molar-refractivity contribution in [2.75, 3.05) is 0 Å². The predicted octanol–water partition coefficient (Wildman–Crippen LogP) is 4.99. The van der Waals surface area contributed by atoms with Crippen molar-refractivity contribution in [1.29, 1.82) is 0 Å². The van der Waals surface area contributed by atoms with Crippen molar-refractivity contribution >= 4 is 16.7 Å². The molecule has 100 valence electrons. The molecule has 0 fully saturated rings. The molecule has 1 aromatic carbocycles. The lowest BCUT2D eigenvalue weighted by atomic mass is 9.95. The fourth-order valence-electron chi connectivity index (χ4n) is 2.25. The van der Waals surface area contributed by atoms with Crippen LogP contribution in [0.4, 0.5) is 0 Å². The number of carbonyl (C=O) groups is 1. The molecule has 1 aliphatic carbocycles. The standard InChI is InChI=1S/C12H11NO.2C2H6.H2/c14-11-7-3-5-9-8-4-1-2-6-10(8)13-12(9)11;2*1-2;/h1-2,4,6,13H,3,5,7H2;2*1-2H3;1H. The Morgan fingerprint density at radius 1 is 1.06 bits per heavy atom. The second kappa shape index (κ2) is 7.00. The molecule has 0 amide bonds. The maximum absolute atomic E-state index is 11.6.